The normalized spacial score (nSPS) is 16.2. The van der Waals surface area contributed by atoms with Gasteiger partial charge >= 0.3 is 6.18 Å². The van der Waals surface area contributed by atoms with Crippen LogP contribution in [0.4, 0.5) is 24.5 Å². The predicted octanol–water partition coefficient (Wildman–Crippen LogP) is 2.98. The molecule has 2 amide bonds. The van der Waals surface area contributed by atoms with E-state index in [-0.39, 0.29) is 23.6 Å². The van der Waals surface area contributed by atoms with Gasteiger partial charge in [-0.05, 0) is 43.3 Å². The smallest absolute Gasteiger partial charge is 0.319 e. The van der Waals surface area contributed by atoms with E-state index in [0.29, 0.717) is 11.3 Å². The van der Waals surface area contributed by atoms with Crippen molar-refractivity contribution >= 4 is 23.2 Å². The molecule has 1 aliphatic heterocycles. The van der Waals surface area contributed by atoms with E-state index in [1.54, 1.807) is 25.3 Å². The Kier molecular flexibility index (Phi) is 4.97. The topological polar surface area (TPSA) is 106 Å². The van der Waals surface area contributed by atoms with E-state index in [1.165, 1.54) is 27.9 Å². The van der Waals surface area contributed by atoms with Crippen molar-refractivity contribution in [2.75, 3.05) is 16.8 Å². The highest BCUT2D eigenvalue weighted by Crippen LogP contribution is 2.33. The van der Waals surface area contributed by atoms with Crippen LogP contribution in [0.25, 0.3) is 0 Å². The van der Waals surface area contributed by atoms with Crippen molar-refractivity contribution in [1.29, 1.82) is 0 Å². The van der Waals surface area contributed by atoms with Crippen LogP contribution >= 0.6 is 0 Å². The van der Waals surface area contributed by atoms with Crippen LogP contribution in [0.1, 0.15) is 38.3 Å². The van der Waals surface area contributed by atoms with Gasteiger partial charge in [-0.25, -0.2) is 4.68 Å². The molecule has 11 heteroatoms. The number of hydrogen-bond donors (Lipinski definition) is 2. The number of alkyl halides is 3. The molecule has 1 atom stereocenters. The SMILES string of the molecule is Cc1ncccc1C(=O)Nc1cnn2c1C(=O)N(c1ccc(C(F)(F)F)cc1)CC2N. The van der Waals surface area contributed by atoms with Gasteiger partial charge in [0.1, 0.15) is 6.17 Å². The van der Waals surface area contributed by atoms with Crippen LogP contribution in [0.2, 0.25) is 0 Å². The minimum Gasteiger partial charge on any atom is -0.319 e. The van der Waals surface area contributed by atoms with Gasteiger partial charge < -0.3 is 16.0 Å². The lowest BCUT2D eigenvalue weighted by atomic mass is 10.1. The molecule has 3 heterocycles. The molecule has 0 saturated carbocycles. The Morgan fingerprint density at radius 3 is 2.58 bits per heavy atom. The molecule has 8 nitrogen and oxygen atoms in total. The van der Waals surface area contributed by atoms with Gasteiger partial charge in [-0.15, -0.1) is 0 Å². The quantitative estimate of drug-likeness (QED) is 0.665. The van der Waals surface area contributed by atoms with E-state index < -0.39 is 29.7 Å². The number of nitrogens with one attached hydrogen (secondary N) is 1. The van der Waals surface area contributed by atoms with E-state index in [1.807, 2.05) is 0 Å². The van der Waals surface area contributed by atoms with Crippen molar-refractivity contribution in [3.05, 3.63) is 71.3 Å². The fraction of sp³-hybridized carbons (Fsp3) is 0.200. The molecular weight excluding hydrogens is 413 g/mol. The van der Waals surface area contributed by atoms with Crippen molar-refractivity contribution in [2.45, 2.75) is 19.3 Å². The maximum absolute atomic E-state index is 13.1. The Balaban J connectivity index is 1.64. The Morgan fingerprint density at radius 1 is 1.23 bits per heavy atom. The third-order valence-electron chi connectivity index (χ3n) is 4.93. The molecule has 31 heavy (non-hydrogen) atoms. The maximum atomic E-state index is 13.1. The highest BCUT2D eigenvalue weighted by molar-refractivity contribution is 6.13. The summed E-state index contributed by atoms with van der Waals surface area (Å²) in [6, 6.07) is 7.41. The molecule has 4 rings (SSSR count). The van der Waals surface area contributed by atoms with E-state index in [2.05, 4.69) is 15.4 Å². The summed E-state index contributed by atoms with van der Waals surface area (Å²) in [6.45, 7) is 1.68. The van der Waals surface area contributed by atoms with E-state index in [9.17, 15) is 22.8 Å². The third-order valence-corrected chi connectivity index (χ3v) is 4.93. The van der Waals surface area contributed by atoms with Gasteiger partial charge in [0.25, 0.3) is 11.8 Å². The highest BCUT2D eigenvalue weighted by atomic mass is 19.4. The zero-order valence-corrected chi connectivity index (χ0v) is 16.2. The van der Waals surface area contributed by atoms with Crippen LogP contribution in [0, 0.1) is 6.92 Å². The fourth-order valence-electron chi connectivity index (χ4n) is 3.36. The van der Waals surface area contributed by atoms with Crippen molar-refractivity contribution in [3.63, 3.8) is 0 Å². The molecule has 0 aliphatic carbocycles. The Hall–Kier alpha value is -3.73. The van der Waals surface area contributed by atoms with E-state index in [0.717, 1.165) is 12.1 Å². The number of halogens is 3. The van der Waals surface area contributed by atoms with Crippen LogP contribution in [0.3, 0.4) is 0 Å². The summed E-state index contributed by atoms with van der Waals surface area (Å²) in [4.78, 5) is 31.1. The molecule has 1 aromatic carbocycles. The van der Waals surface area contributed by atoms with Crippen molar-refractivity contribution in [3.8, 4) is 0 Å². The minimum absolute atomic E-state index is 0.00791. The minimum atomic E-state index is -4.48. The first-order valence-corrected chi connectivity index (χ1v) is 9.22. The zero-order chi connectivity index (χ0) is 22.3. The number of rotatable bonds is 3. The van der Waals surface area contributed by atoms with Crippen LogP contribution in [0.15, 0.2) is 48.8 Å². The molecule has 0 radical (unpaired) electrons. The number of hydrogen-bond acceptors (Lipinski definition) is 5. The first-order valence-electron chi connectivity index (χ1n) is 9.22. The highest BCUT2D eigenvalue weighted by Gasteiger charge is 2.35. The van der Waals surface area contributed by atoms with Gasteiger partial charge in [0.2, 0.25) is 0 Å². The number of amides is 2. The number of aromatic nitrogens is 3. The van der Waals surface area contributed by atoms with Crippen LogP contribution in [-0.4, -0.2) is 33.1 Å². The molecule has 0 spiro atoms. The van der Waals surface area contributed by atoms with Crippen molar-refractivity contribution in [1.82, 2.24) is 14.8 Å². The third kappa shape index (κ3) is 3.75. The van der Waals surface area contributed by atoms with E-state index in [4.69, 9.17) is 5.73 Å². The largest absolute Gasteiger partial charge is 0.416 e. The molecule has 2 aromatic heterocycles. The average molecular weight is 430 g/mol. The zero-order valence-electron chi connectivity index (χ0n) is 16.2. The van der Waals surface area contributed by atoms with Gasteiger partial charge in [0, 0.05) is 17.6 Å². The number of anilines is 2. The summed E-state index contributed by atoms with van der Waals surface area (Å²) in [5.74, 6) is -1.02. The molecule has 3 aromatic rings. The first-order chi connectivity index (χ1) is 14.7. The molecule has 0 saturated heterocycles. The number of pyridine rings is 1. The number of benzene rings is 1. The van der Waals surface area contributed by atoms with Crippen molar-refractivity contribution in [2.24, 2.45) is 5.73 Å². The number of nitrogens with zero attached hydrogens (tertiary/aromatic N) is 4. The summed E-state index contributed by atoms with van der Waals surface area (Å²) >= 11 is 0. The summed E-state index contributed by atoms with van der Waals surface area (Å²) in [6.07, 6.45) is -2.37. The number of aryl methyl sites for hydroxylation is 1. The predicted molar refractivity (Wildman–Crippen MR) is 105 cm³/mol. The van der Waals surface area contributed by atoms with E-state index >= 15 is 0 Å². The van der Waals surface area contributed by atoms with Gasteiger partial charge in [-0.2, -0.15) is 18.3 Å². The number of fused-ring (bicyclic) bond motifs is 1. The number of carbonyl (C=O) groups is 2. The summed E-state index contributed by atoms with van der Waals surface area (Å²) in [5, 5.41) is 6.74. The molecule has 3 N–H and O–H groups in total. The second kappa shape index (κ2) is 7.51. The number of carbonyl (C=O) groups excluding carboxylic acids is 2. The average Bonchev–Trinajstić information content (AvgIpc) is 3.15. The monoisotopic (exact) mass is 430 g/mol. The number of nitrogens with two attached hydrogens (primary N) is 1. The fourth-order valence-corrected chi connectivity index (χ4v) is 3.36. The van der Waals surface area contributed by atoms with Crippen molar-refractivity contribution < 1.29 is 22.8 Å². The Bertz CT molecular complexity index is 1160. The van der Waals surface area contributed by atoms with Gasteiger partial charge in [0.15, 0.2) is 5.69 Å². The van der Waals surface area contributed by atoms with Gasteiger partial charge in [-0.1, -0.05) is 0 Å². The van der Waals surface area contributed by atoms with Crippen LogP contribution in [-0.2, 0) is 6.18 Å². The summed E-state index contributed by atoms with van der Waals surface area (Å²) < 4.78 is 39.8. The molecular formula is C20H17F3N6O2. The molecule has 0 bridgehead atoms. The first kappa shape index (κ1) is 20.5. The second-order valence-electron chi connectivity index (χ2n) is 6.97. The van der Waals surface area contributed by atoms with Crippen LogP contribution in [0.5, 0.6) is 0 Å². The lowest BCUT2D eigenvalue weighted by Crippen LogP contribution is -2.46. The molecule has 1 unspecified atom stereocenters. The summed E-state index contributed by atoms with van der Waals surface area (Å²) in [5.41, 5.74) is 6.56. The van der Waals surface area contributed by atoms with Gasteiger partial charge in [0.05, 0.1) is 29.6 Å². The second-order valence-corrected chi connectivity index (χ2v) is 6.97. The Morgan fingerprint density at radius 2 is 1.94 bits per heavy atom. The lowest BCUT2D eigenvalue weighted by molar-refractivity contribution is -0.137. The molecule has 1 aliphatic rings. The Labute approximate surface area is 174 Å². The van der Waals surface area contributed by atoms with Crippen LogP contribution < -0.4 is 16.0 Å². The lowest BCUT2D eigenvalue weighted by Gasteiger charge is -2.32. The summed E-state index contributed by atoms with van der Waals surface area (Å²) in [7, 11) is 0. The molecule has 160 valence electrons. The standard InChI is InChI=1S/C20H17F3N6O2/c1-11-14(3-2-8-25-11)18(30)27-15-9-26-29-16(24)10-28(19(31)17(15)29)13-6-4-12(5-7-13)20(21,22)23/h2-9,16H,10,24H2,1H3,(H,27,30). The molecule has 0 fully saturated rings. The van der Waals surface area contributed by atoms with Gasteiger partial charge in [-0.3, -0.25) is 14.6 Å². The maximum Gasteiger partial charge on any atom is 0.416 e.